The first-order chi connectivity index (χ1) is 7.93. The zero-order valence-corrected chi connectivity index (χ0v) is 11.4. The highest BCUT2D eigenvalue weighted by Gasteiger charge is 2.12. The highest BCUT2D eigenvalue weighted by atomic mass is 35.5. The van der Waals surface area contributed by atoms with Gasteiger partial charge in [-0.2, -0.15) is 0 Å². The van der Waals surface area contributed by atoms with Gasteiger partial charge in [0.2, 0.25) is 0 Å². The first kappa shape index (κ1) is 14.0. The number of ether oxygens (including phenoxy) is 1. The molecule has 0 N–H and O–H groups in total. The van der Waals surface area contributed by atoms with E-state index < -0.39 is 0 Å². The van der Waals surface area contributed by atoms with E-state index in [1.165, 1.54) is 5.56 Å². The second kappa shape index (κ2) is 6.06. The molecular formula is C14H19ClO2. The Bertz CT molecular complexity index is 363. The number of rotatable bonds is 5. The molecule has 3 heteroatoms. The largest absolute Gasteiger partial charge is 0.493 e. The number of benzene rings is 1. The normalized spacial score (nSPS) is 11.3. The van der Waals surface area contributed by atoms with Gasteiger partial charge >= 0.3 is 0 Å². The summed E-state index contributed by atoms with van der Waals surface area (Å²) in [5.74, 6) is 0.866. The third-order valence-corrected chi connectivity index (χ3v) is 2.82. The predicted octanol–water partition coefficient (Wildman–Crippen LogP) is 3.56. The summed E-state index contributed by atoms with van der Waals surface area (Å²) in [6, 6.07) is 7.98. The summed E-state index contributed by atoms with van der Waals surface area (Å²) in [7, 11) is 0. The number of carbonyl (C=O) groups excluding carboxylic acids is 1. The Morgan fingerprint density at radius 2 is 1.82 bits per heavy atom. The van der Waals surface area contributed by atoms with E-state index in [9.17, 15) is 4.79 Å². The standard InChI is InChI=1S/C14H19ClO2/c1-14(2,3)11-4-6-13(7-5-11)17-9-8-12(16)10-15/h4-7H,8-10H2,1-3H3. The van der Waals surface area contributed by atoms with Gasteiger partial charge in [0.1, 0.15) is 5.75 Å². The van der Waals surface area contributed by atoms with Gasteiger partial charge in [0, 0.05) is 6.42 Å². The maximum absolute atomic E-state index is 11.0. The lowest BCUT2D eigenvalue weighted by Crippen LogP contribution is -2.11. The first-order valence-corrected chi connectivity index (χ1v) is 6.28. The molecule has 0 unspecified atom stereocenters. The molecule has 0 aliphatic heterocycles. The van der Waals surface area contributed by atoms with Gasteiger partial charge in [0.15, 0.2) is 5.78 Å². The smallest absolute Gasteiger partial charge is 0.150 e. The minimum atomic E-state index is 0.0120. The van der Waals surface area contributed by atoms with Crippen LogP contribution in [0, 0.1) is 0 Å². The topological polar surface area (TPSA) is 26.3 Å². The van der Waals surface area contributed by atoms with Crippen LogP contribution in [-0.4, -0.2) is 18.3 Å². The molecule has 0 heterocycles. The maximum atomic E-state index is 11.0. The summed E-state index contributed by atoms with van der Waals surface area (Å²) in [6.07, 6.45) is 0.366. The van der Waals surface area contributed by atoms with Gasteiger partial charge in [-0.1, -0.05) is 32.9 Å². The molecule has 0 radical (unpaired) electrons. The molecule has 0 saturated carbocycles. The molecule has 0 fully saturated rings. The quantitative estimate of drug-likeness (QED) is 0.751. The van der Waals surface area contributed by atoms with Gasteiger partial charge in [-0.15, -0.1) is 11.6 Å². The van der Waals surface area contributed by atoms with Gasteiger partial charge in [-0.25, -0.2) is 0 Å². The van der Waals surface area contributed by atoms with Crippen LogP contribution in [0.2, 0.25) is 0 Å². The Labute approximate surface area is 108 Å². The molecule has 94 valence electrons. The number of halogens is 1. The Kier molecular flexibility index (Phi) is 5.01. The molecule has 0 aliphatic carbocycles. The lowest BCUT2D eigenvalue weighted by Gasteiger charge is -2.19. The molecule has 0 saturated heterocycles. The Hall–Kier alpha value is -1.02. The van der Waals surface area contributed by atoms with Gasteiger partial charge in [-0.05, 0) is 23.1 Å². The first-order valence-electron chi connectivity index (χ1n) is 5.74. The van der Waals surface area contributed by atoms with Crippen molar-refractivity contribution in [2.45, 2.75) is 32.6 Å². The molecule has 0 atom stereocenters. The van der Waals surface area contributed by atoms with Crippen LogP contribution in [0.4, 0.5) is 0 Å². The lowest BCUT2D eigenvalue weighted by molar-refractivity contribution is -0.117. The number of Topliss-reactive ketones (excluding diaryl/α,β-unsaturated/α-hetero) is 1. The highest BCUT2D eigenvalue weighted by molar-refractivity contribution is 6.27. The van der Waals surface area contributed by atoms with Crippen molar-refractivity contribution in [3.05, 3.63) is 29.8 Å². The summed E-state index contributed by atoms with van der Waals surface area (Å²) in [6.45, 7) is 6.90. The molecule has 0 aromatic heterocycles. The Morgan fingerprint density at radius 1 is 1.24 bits per heavy atom. The van der Waals surface area contributed by atoms with E-state index in [2.05, 4.69) is 32.9 Å². The van der Waals surface area contributed by atoms with E-state index in [4.69, 9.17) is 16.3 Å². The lowest BCUT2D eigenvalue weighted by atomic mass is 9.87. The molecule has 0 aliphatic rings. The molecule has 17 heavy (non-hydrogen) atoms. The van der Waals surface area contributed by atoms with Crippen LogP contribution >= 0.6 is 11.6 Å². The summed E-state index contributed by atoms with van der Waals surface area (Å²) < 4.78 is 5.47. The summed E-state index contributed by atoms with van der Waals surface area (Å²) >= 11 is 5.40. The molecule has 0 spiro atoms. The van der Waals surface area contributed by atoms with Crippen molar-refractivity contribution >= 4 is 17.4 Å². The van der Waals surface area contributed by atoms with Gasteiger partial charge in [-0.3, -0.25) is 4.79 Å². The average molecular weight is 255 g/mol. The van der Waals surface area contributed by atoms with Crippen molar-refractivity contribution in [2.75, 3.05) is 12.5 Å². The second-order valence-electron chi connectivity index (χ2n) is 5.05. The third kappa shape index (κ3) is 4.78. The summed E-state index contributed by atoms with van der Waals surface area (Å²) in [4.78, 5) is 11.0. The maximum Gasteiger partial charge on any atom is 0.150 e. The Morgan fingerprint density at radius 3 is 2.29 bits per heavy atom. The van der Waals surface area contributed by atoms with Crippen LogP contribution in [0.25, 0.3) is 0 Å². The van der Waals surface area contributed by atoms with E-state index in [0.29, 0.717) is 13.0 Å². The average Bonchev–Trinajstić information content (AvgIpc) is 2.28. The molecular weight excluding hydrogens is 236 g/mol. The number of hydrogen-bond acceptors (Lipinski definition) is 2. The number of carbonyl (C=O) groups is 1. The van der Waals surface area contributed by atoms with Crippen molar-refractivity contribution in [1.29, 1.82) is 0 Å². The monoisotopic (exact) mass is 254 g/mol. The zero-order valence-electron chi connectivity index (χ0n) is 10.6. The van der Waals surface area contributed by atoms with Crippen LogP contribution in [0.3, 0.4) is 0 Å². The third-order valence-electron chi connectivity index (χ3n) is 2.52. The van der Waals surface area contributed by atoms with Gasteiger partial charge in [0.25, 0.3) is 0 Å². The molecule has 1 aromatic rings. The summed E-state index contributed by atoms with van der Waals surface area (Å²) in [5.41, 5.74) is 1.41. The fourth-order valence-electron chi connectivity index (χ4n) is 1.40. The predicted molar refractivity (Wildman–Crippen MR) is 71.0 cm³/mol. The SMILES string of the molecule is CC(C)(C)c1ccc(OCCC(=O)CCl)cc1. The van der Waals surface area contributed by atoms with Gasteiger partial charge < -0.3 is 4.74 Å². The van der Waals surface area contributed by atoms with Crippen molar-refractivity contribution < 1.29 is 9.53 Å². The van der Waals surface area contributed by atoms with E-state index in [1.807, 2.05) is 12.1 Å². The summed E-state index contributed by atoms with van der Waals surface area (Å²) in [5, 5.41) is 0. The van der Waals surface area contributed by atoms with Crippen molar-refractivity contribution in [1.82, 2.24) is 0 Å². The molecule has 2 nitrogen and oxygen atoms in total. The van der Waals surface area contributed by atoms with Crippen LogP contribution in [0.1, 0.15) is 32.8 Å². The minimum Gasteiger partial charge on any atom is -0.493 e. The molecule has 1 rings (SSSR count). The van der Waals surface area contributed by atoms with E-state index in [1.54, 1.807) is 0 Å². The highest BCUT2D eigenvalue weighted by Crippen LogP contribution is 2.24. The van der Waals surface area contributed by atoms with Crippen molar-refractivity contribution in [3.8, 4) is 5.75 Å². The van der Waals surface area contributed by atoms with E-state index >= 15 is 0 Å². The van der Waals surface area contributed by atoms with Crippen LogP contribution < -0.4 is 4.74 Å². The van der Waals surface area contributed by atoms with Gasteiger partial charge in [0.05, 0.1) is 12.5 Å². The number of alkyl halides is 1. The molecule has 1 aromatic carbocycles. The minimum absolute atomic E-state index is 0.0120. The fourth-order valence-corrected chi connectivity index (χ4v) is 1.53. The fraction of sp³-hybridized carbons (Fsp3) is 0.500. The molecule has 0 bridgehead atoms. The second-order valence-corrected chi connectivity index (χ2v) is 5.31. The zero-order chi connectivity index (χ0) is 12.9. The Balaban J connectivity index is 2.49. The molecule has 0 amide bonds. The van der Waals surface area contributed by atoms with E-state index in [0.717, 1.165) is 5.75 Å². The van der Waals surface area contributed by atoms with Crippen LogP contribution in [-0.2, 0) is 10.2 Å². The number of hydrogen-bond donors (Lipinski definition) is 0. The van der Waals surface area contributed by atoms with Crippen LogP contribution in [0.5, 0.6) is 5.75 Å². The van der Waals surface area contributed by atoms with E-state index in [-0.39, 0.29) is 17.1 Å². The van der Waals surface area contributed by atoms with Crippen molar-refractivity contribution in [2.24, 2.45) is 0 Å². The van der Waals surface area contributed by atoms with Crippen molar-refractivity contribution in [3.63, 3.8) is 0 Å². The van der Waals surface area contributed by atoms with Crippen LogP contribution in [0.15, 0.2) is 24.3 Å². The number of ketones is 1.